The molecule has 1 saturated carbocycles. The molecular weight excluding hydrogens is 186 g/mol. The number of nitrogens with zero attached hydrogens (tertiary/aromatic N) is 2. The van der Waals surface area contributed by atoms with E-state index >= 15 is 0 Å². The standard InChI is InChI=1S/C12H21N3/c1-3-15-9-8-14-12(15)7-6-11(13-2)10-4-5-10/h8-11,13H,3-7H2,1-2H3. The van der Waals surface area contributed by atoms with Crippen LogP contribution >= 0.6 is 0 Å². The van der Waals surface area contributed by atoms with Crippen molar-refractivity contribution in [1.29, 1.82) is 0 Å². The normalized spacial score (nSPS) is 18.0. The van der Waals surface area contributed by atoms with Crippen molar-refractivity contribution in [2.24, 2.45) is 5.92 Å². The molecular formula is C12H21N3. The molecule has 1 heterocycles. The molecule has 0 aromatic carbocycles. The molecule has 84 valence electrons. The van der Waals surface area contributed by atoms with Gasteiger partial charge < -0.3 is 9.88 Å². The van der Waals surface area contributed by atoms with Gasteiger partial charge in [0.2, 0.25) is 0 Å². The van der Waals surface area contributed by atoms with E-state index in [4.69, 9.17) is 0 Å². The van der Waals surface area contributed by atoms with Crippen LogP contribution in [0.4, 0.5) is 0 Å². The van der Waals surface area contributed by atoms with Crippen LogP contribution in [0.3, 0.4) is 0 Å². The van der Waals surface area contributed by atoms with Crippen LogP contribution in [-0.2, 0) is 13.0 Å². The fourth-order valence-electron chi connectivity index (χ4n) is 2.26. The summed E-state index contributed by atoms with van der Waals surface area (Å²) in [7, 11) is 2.08. The highest BCUT2D eigenvalue weighted by Crippen LogP contribution is 2.34. The predicted octanol–water partition coefficient (Wildman–Crippen LogP) is 1.83. The molecule has 0 bridgehead atoms. The van der Waals surface area contributed by atoms with Gasteiger partial charge in [-0.05, 0) is 39.2 Å². The fraction of sp³-hybridized carbons (Fsp3) is 0.750. The lowest BCUT2D eigenvalue weighted by Crippen LogP contribution is -2.28. The maximum Gasteiger partial charge on any atom is 0.108 e. The van der Waals surface area contributed by atoms with E-state index in [1.54, 1.807) is 0 Å². The summed E-state index contributed by atoms with van der Waals surface area (Å²) in [5.74, 6) is 2.17. The number of hydrogen-bond donors (Lipinski definition) is 1. The number of aromatic nitrogens is 2. The number of hydrogen-bond acceptors (Lipinski definition) is 2. The van der Waals surface area contributed by atoms with Crippen LogP contribution in [0.25, 0.3) is 0 Å². The highest BCUT2D eigenvalue weighted by atomic mass is 15.1. The SMILES string of the molecule is CCn1ccnc1CCC(NC)C1CC1. The molecule has 1 fully saturated rings. The largest absolute Gasteiger partial charge is 0.335 e. The van der Waals surface area contributed by atoms with Gasteiger partial charge in [0.25, 0.3) is 0 Å². The van der Waals surface area contributed by atoms with E-state index in [-0.39, 0.29) is 0 Å². The number of rotatable bonds is 6. The Morgan fingerprint density at radius 3 is 3.00 bits per heavy atom. The zero-order chi connectivity index (χ0) is 10.7. The molecule has 0 amide bonds. The zero-order valence-electron chi connectivity index (χ0n) is 9.74. The minimum absolute atomic E-state index is 0.701. The van der Waals surface area contributed by atoms with Gasteiger partial charge in [0, 0.05) is 31.4 Å². The molecule has 15 heavy (non-hydrogen) atoms. The maximum absolute atomic E-state index is 4.41. The smallest absolute Gasteiger partial charge is 0.108 e. The van der Waals surface area contributed by atoms with Gasteiger partial charge in [-0.15, -0.1) is 0 Å². The van der Waals surface area contributed by atoms with Gasteiger partial charge in [-0.2, -0.15) is 0 Å². The van der Waals surface area contributed by atoms with Crippen LogP contribution in [0.5, 0.6) is 0 Å². The summed E-state index contributed by atoms with van der Waals surface area (Å²) in [4.78, 5) is 4.41. The van der Waals surface area contributed by atoms with Crippen molar-refractivity contribution in [1.82, 2.24) is 14.9 Å². The topological polar surface area (TPSA) is 29.9 Å². The third kappa shape index (κ3) is 2.59. The van der Waals surface area contributed by atoms with Gasteiger partial charge >= 0.3 is 0 Å². The average molecular weight is 207 g/mol. The van der Waals surface area contributed by atoms with Crippen molar-refractivity contribution in [3.63, 3.8) is 0 Å². The van der Waals surface area contributed by atoms with Crippen molar-refractivity contribution >= 4 is 0 Å². The molecule has 1 aliphatic rings. The van der Waals surface area contributed by atoms with Crippen LogP contribution in [0.15, 0.2) is 12.4 Å². The highest BCUT2D eigenvalue weighted by molar-refractivity contribution is 4.95. The minimum atomic E-state index is 0.701. The van der Waals surface area contributed by atoms with Gasteiger partial charge in [0.05, 0.1) is 0 Å². The Morgan fingerprint density at radius 1 is 1.60 bits per heavy atom. The van der Waals surface area contributed by atoms with Gasteiger partial charge in [-0.3, -0.25) is 0 Å². The number of imidazole rings is 1. The maximum atomic E-state index is 4.41. The van der Waals surface area contributed by atoms with E-state index in [0.717, 1.165) is 18.9 Å². The predicted molar refractivity (Wildman–Crippen MR) is 61.8 cm³/mol. The Bertz CT molecular complexity index is 302. The third-order valence-corrected chi connectivity index (χ3v) is 3.38. The highest BCUT2D eigenvalue weighted by Gasteiger charge is 2.29. The van der Waals surface area contributed by atoms with E-state index in [9.17, 15) is 0 Å². The van der Waals surface area contributed by atoms with Crippen LogP contribution in [-0.4, -0.2) is 22.6 Å². The lowest BCUT2D eigenvalue weighted by molar-refractivity contribution is 0.461. The van der Waals surface area contributed by atoms with E-state index in [2.05, 4.69) is 35.0 Å². The summed E-state index contributed by atoms with van der Waals surface area (Å²) in [6, 6.07) is 0.701. The molecule has 0 saturated heterocycles. The van der Waals surface area contributed by atoms with E-state index < -0.39 is 0 Å². The van der Waals surface area contributed by atoms with Crippen molar-refractivity contribution in [2.75, 3.05) is 7.05 Å². The van der Waals surface area contributed by atoms with Crippen LogP contribution < -0.4 is 5.32 Å². The first-order valence-electron chi connectivity index (χ1n) is 6.02. The van der Waals surface area contributed by atoms with E-state index in [1.165, 1.54) is 25.1 Å². The molecule has 0 radical (unpaired) electrons. The average Bonchev–Trinajstić information content (AvgIpc) is 2.98. The Morgan fingerprint density at radius 2 is 2.40 bits per heavy atom. The Labute approximate surface area is 91.9 Å². The van der Waals surface area contributed by atoms with Gasteiger partial charge in [0.1, 0.15) is 5.82 Å². The van der Waals surface area contributed by atoms with Gasteiger partial charge in [-0.25, -0.2) is 4.98 Å². The monoisotopic (exact) mass is 207 g/mol. The molecule has 1 aliphatic carbocycles. The summed E-state index contributed by atoms with van der Waals surface area (Å²) < 4.78 is 2.24. The van der Waals surface area contributed by atoms with Crippen LogP contribution in [0.1, 0.15) is 32.0 Å². The molecule has 3 nitrogen and oxygen atoms in total. The Balaban J connectivity index is 1.85. The quantitative estimate of drug-likeness (QED) is 0.771. The lowest BCUT2D eigenvalue weighted by atomic mass is 10.1. The van der Waals surface area contributed by atoms with Crippen molar-refractivity contribution in [3.8, 4) is 0 Å². The van der Waals surface area contributed by atoms with Crippen molar-refractivity contribution in [3.05, 3.63) is 18.2 Å². The molecule has 0 aliphatic heterocycles. The molecule has 1 aromatic rings. The first-order chi connectivity index (χ1) is 7.35. The summed E-state index contributed by atoms with van der Waals surface area (Å²) in [6.07, 6.45) is 9.12. The molecule has 3 heteroatoms. The van der Waals surface area contributed by atoms with Crippen LogP contribution in [0, 0.1) is 5.92 Å². The number of aryl methyl sites for hydroxylation is 2. The second-order valence-corrected chi connectivity index (χ2v) is 4.40. The summed E-state index contributed by atoms with van der Waals surface area (Å²) in [5.41, 5.74) is 0. The molecule has 1 atom stereocenters. The summed E-state index contributed by atoms with van der Waals surface area (Å²) >= 11 is 0. The van der Waals surface area contributed by atoms with Gasteiger partial charge in [-0.1, -0.05) is 0 Å². The summed E-state index contributed by atoms with van der Waals surface area (Å²) in [6.45, 7) is 3.20. The molecule has 1 aromatic heterocycles. The number of nitrogens with one attached hydrogen (secondary N) is 1. The van der Waals surface area contributed by atoms with Crippen LogP contribution in [0.2, 0.25) is 0 Å². The van der Waals surface area contributed by atoms with Crippen molar-refractivity contribution < 1.29 is 0 Å². The first-order valence-corrected chi connectivity index (χ1v) is 6.02. The van der Waals surface area contributed by atoms with Gasteiger partial charge in [0.15, 0.2) is 0 Å². The minimum Gasteiger partial charge on any atom is -0.335 e. The van der Waals surface area contributed by atoms with E-state index in [1.807, 2.05) is 6.20 Å². The molecule has 1 N–H and O–H groups in total. The second-order valence-electron chi connectivity index (χ2n) is 4.40. The molecule has 0 spiro atoms. The molecule has 1 unspecified atom stereocenters. The summed E-state index contributed by atoms with van der Waals surface area (Å²) in [5, 5.41) is 3.43. The second kappa shape index (κ2) is 4.79. The van der Waals surface area contributed by atoms with E-state index in [0.29, 0.717) is 6.04 Å². The zero-order valence-corrected chi connectivity index (χ0v) is 9.74. The Hall–Kier alpha value is -0.830. The fourth-order valence-corrected chi connectivity index (χ4v) is 2.26. The Kier molecular flexibility index (Phi) is 3.41. The molecule has 2 rings (SSSR count). The lowest BCUT2D eigenvalue weighted by Gasteiger charge is -2.15. The first kappa shape index (κ1) is 10.7. The third-order valence-electron chi connectivity index (χ3n) is 3.38. The van der Waals surface area contributed by atoms with Crippen molar-refractivity contribution in [2.45, 2.75) is 45.2 Å².